The third-order valence-corrected chi connectivity index (χ3v) is 3.32. The Morgan fingerprint density at radius 1 is 1.35 bits per heavy atom. The number of halogens is 2. The molecule has 1 heterocycles. The number of alkyl halides is 2. The molecule has 0 aliphatic rings. The van der Waals surface area contributed by atoms with E-state index >= 15 is 0 Å². The predicted molar refractivity (Wildman–Crippen MR) is 77.5 cm³/mol. The van der Waals surface area contributed by atoms with Gasteiger partial charge < -0.3 is 10.1 Å². The Bertz CT molecular complexity index is 558. The average Bonchev–Trinajstić information content (AvgIpc) is 2.84. The van der Waals surface area contributed by atoms with Gasteiger partial charge in [0, 0.05) is 17.5 Å². The fraction of sp³-hybridized carbons (Fsp3) is 0.357. The van der Waals surface area contributed by atoms with E-state index in [0.717, 1.165) is 22.9 Å². The van der Waals surface area contributed by atoms with E-state index in [2.05, 4.69) is 28.9 Å². The lowest BCUT2D eigenvalue weighted by molar-refractivity contribution is -0.0498. The van der Waals surface area contributed by atoms with Crippen LogP contribution in [0, 0.1) is 5.92 Å². The van der Waals surface area contributed by atoms with Crippen molar-refractivity contribution in [3.8, 4) is 17.0 Å². The third-order valence-electron chi connectivity index (χ3n) is 2.52. The molecule has 6 heteroatoms. The summed E-state index contributed by atoms with van der Waals surface area (Å²) < 4.78 is 28.8. The Kier molecular flexibility index (Phi) is 4.89. The van der Waals surface area contributed by atoms with Crippen molar-refractivity contribution in [1.82, 2.24) is 4.98 Å². The van der Waals surface area contributed by atoms with Gasteiger partial charge in [0.1, 0.15) is 5.75 Å². The Hall–Kier alpha value is -1.69. The predicted octanol–water partition coefficient (Wildman–Crippen LogP) is 4.48. The van der Waals surface area contributed by atoms with Crippen molar-refractivity contribution in [1.29, 1.82) is 0 Å². The molecule has 1 aromatic heterocycles. The van der Waals surface area contributed by atoms with Crippen LogP contribution in [-0.2, 0) is 0 Å². The van der Waals surface area contributed by atoms with E-state index in [1.165, 1.54) is 17.4 Å². The van der Waals surface area contributed by atoms with Gasteiger partial charge >= 0.3 is 6.61 Å². The molecule has 0 saturated carbocycles. The van der Waals surface area contributed by atoms with Gasteiger partial charge in [-0.2, -0.15) is 8.78 Å². The summed E-state index contributed by atoms with van der Waals surface area (Å²) in [4.78, 5) is 4.44. The standard InChI is InChI=1S/C14H16F2N2OS/c1-9(2)7-17-14-18-12(8-20-14)10-4-3-5-11(6-10)19-13(15)16/h3-6,8-9,13H,7H2,1-2H3,(H,17,18). The molecule has 1 N–H and O–H groups in total. The molecule has 0 atom stereocenters. The molecule has 0 radical (unpaired) electrons. The number of ether oxygens (including phenoxy) is 1. The highest BCUT2D eigenvalue weighted by Gasteiger charge is 2.08. The van der Waals surface area contributed by atoms with E-state index in [4.69, 9.17) is 0 Å². The monoisotopic (exact) mass is 298 g/mol. The molecule has 20 heavy (non-hydrogen) atoms. The summed E-state index contributed by atoms with van der Waals surface area (Å²) in [5.41, 5.74) is 1.51. The summed E-state index contributed by atoms with van der Waals surface area (Å²) in [7, 11) is 0. The van der Waals surface area contributed by atoms with Crippen LogP contribution in [-0.4, -0.2) is 18.1 Å². The minimum absolute atomic E-state index is 0.141. The molecule has 0 unspecified atom stereocenters. The van der Waals surface area contributed by atoms with Crippen molar-refractivity contribution in [3.63, 3.8) is 0 Å². The summed E-state index contributed by atoms with van der Waals surface area (Å²) in [6.07, 6.45) is 0. The SMILES string of the molecule is CC(C)CNc1nc(-c2cccc(OC(F)F)c2)cs1. The fourth-order valence-corrected chi connectivity index (χ4v) is 2.34. The number of aromatic nitrogens is 1. The van der Waals surface area contributed by atoms with Crippen LogP contribution in [0.25, 0.3) is 11.3 Å². The van der Waals surface area contributed by atoms with Crippen LogP contribution in [0.3, 0.4) is 0 Å². The van der Waals surface area contributed by atoms with Gasteiger partial charge in [0.15, 0.2) is 5.13 Å². The van der Waals surface area contributed by atoms with Crippen LogP contribution in [0.2, 0.25) is 0 Å². The van der Waals surface area contributed by atoms with Gasteiger partial charge in [-0.15, -0.1) is 11.3 Å². The molecule has 0 aliphatic carbocycles. The molecule has 0 amide bonds. The molecular formula is C14H16F2N2OS. The smallest absolute Gasteiger partial charge is 0.387 e. The van der Waals surface area contributed by atoms with Crippen LogP contribution in [0.15, 0.2) is 29.6 Å². The highest BCUT2D eigenvalue weighted by Crippen LogP contribution is 2.28. The van der Waals surface area contributed by atoms with Crippen LogP contribution >= 0.6 is 11.3 Å². The number of hydrogen-bond donors (Lipinski definition) is 1. The minimum atomic E-state index is -2.82. The van der Waals surface area contributed by atoms with Gasteiger partial charge in [-0.3, -0.25) is 0 Å². The van der Waals surface area contributed by atoms with E-state index in [0.29, 0.717) is 5.92 Å². The Balaban J connectivity index is 2.11. The first-order chi connectivity index (χ1) is 9.54. The Morgan fingerprint density at radius 2 is 2.15 bits per heavy atom. The molecule has 0 aliphatic heterocycles. The number of benzene rings is 1. The van der Waals surface area contributed by atoms with E-state index in [1.807, 2.05) is 11.4 Å². The minimum Gasteiger partial charge on any atom is -0.435 e. The number of nitrogens with one attached hydrogen (secondary N) is 1. The number of rotatable bonds is 6. The Morgan fingerprint density at radius 3 is 2.85 bits per heavy atom. The first-order valence-electron chi connectivity index (χ1n) is 6.29. The zero-order chi connectivity index (χ0) is 14.5. The highest BCUT2D eigenvalue weighted by atomic mass is 32.1. The number of nitrogens with zero attached hydrogens (tertiary/aromatic N) is 1. The van der Waals surface area contributed by atoms with Crippen LogP contribution in [0.4, 0.5) is 13.9 Å². The van der Waals surface area contributed by atoms with Crippen LogP contribution < -0.4 is 10.1 Å². The molecule has 0 bridgehead atoms. The van der Waals surface area contributed by atoms with Crippen molar-refractivity contribution < 1.29 is 13.5 Å². The van der Waals surface area contributed by atoms with E-state index in [9.17, 15) is 8.78 Å². The fourth-order valence-electron chi connectivity index (χ4n) is 1.61. The van der Waals surface area contributed by atoms with Crippen molar-refractivity contribution >= 4 is 16.5 Å². The maximum atomic E-state index is 12.2. The van der Waals surface area contributed by atoms with Gasteiger partial charge in [-0.05, 0) is 18.1 Å². The molecule has 0 spiro atoms. The molecular weight excluding hydrogens is 282 g/mol. The molecule has 108 valence electrons. The van der Waals surface area contributed by atoms with Crippen molar-refractivity contribution in [3.05, 3.63) is 29.6 Å². The lowest BCUT2D eigenvalue weighted by Crippen LogP contribution is -2.07. The van der Waals surface area contributed by atoms with Crippen molar-refractivity contribution in [2.24, 2.45) is 5.92 Å². The second-order valence-corrected chi connectivity index (χ2v) is 5.58. The van der Waals surface area contributed by atoms with Gasteiger partial charge in [0.25, 0.3) is 0 Å². The number of thiazole rings is 1. The number of anilines is 1. The molecule has 3 nitrogen and oxygen atoms in total. The summed E-state index contributed by atoms with van der Waals surface area (Å²) >= 11 is 1.49. The zero-order valence-corrected chi connectivity index (χ0v) is 12.1. The van der Waals surface area contributed by atoms with E-state index in [-0.39, 0.29) is 5.75 Å². The molecule has 0 fully saturated rings. The Labute approximate surface area is 120 Å². The maximum Gasteiger partial charge on any atom is 0.387 e. The molecule has 0 saturated heterocycles. The second-order valence-electron chi connectivity index (χ2n) is 4.72. The van der Waals surface area contributed by atoms with E-state index < -0.39 is 6.61 Å². The summed E-state index contributed by atoms with van der Waals surface area (Å²) in [6, 6.07) is 6.56. The molecule has 2 aromatic rings. The molecule has 2 rings (SSSR count). The van der Waals surface area contributed by atoms with Gasteiger partial charge in [-0.1, -0.05) is 26.0 Å². The van der Waals surface area contributed by atoms with Gasteiger partial charge in [0.2, 0.25) is 0 Å². The topological polar surface area (TPSA) is 34.2 Å². The largest absolute Gasteiger partial charge is 0.435 e. The summed E-state index contributed by atoms with van der Waals surface area (Å²) in [6.45, 7) is 2.27. The number of hydrogen-bond acceptors (Lipinski definition) is 4. The quantitative estimate of drug-likeness (QED) is 0.853. The molecule has 1 aromatic carbocycles. The van der Waals surface area contributed by atoms with Crippen LogP contribution in [0.5, 0.6) is 5.75 Å². The van der Waals surface area contributed by atoms with Gasteiger partial charge in [-0.25, -0.2) is 4.98 Å². The van der Waals surface area contributed by atoms with Crippen molar-refractivity contribution in [2.45, 2.75) is 20.5 Å². The highest BCUT2D eigenvalue weighted by molar-refractivity contribution is 7.14. The maximum absolute atomic E-state index is 12.2. The lowest BCUT2D eigenvalue weighted by Gasteiger charge is -2.06. The van der Waals surface area contributed by atoms with Crippen molar-refractivity contribution in [2.75, 3.05) is 11.9 Å². The average molecular weight is 298 g/mol. The summed E-state index contributed by atoms with van der Waals surface area (Å²) in [5, 5.41) is 5.96. The second kappa shape index (κ2) is 6.65. The van der Waals surface area contributed by atoms with Gasteiger partial charge in [0.05, 0.1) is 5.69 Å². The lowest BCUT2D eigenvalue weighted by atomic mass is 10.2. The first-order valence-corrected chi connectivity index (χ1v) is 7.17. The first kappa shape index (κ1) is 14.7. The van der Waals surface area contributed by atoms with Crippen LogP contribution in [0.1, 0.15) is 13.8 Å². The zero-order valence-electron chi connectivity index (χ0n) is 11.3. The summed E-state index contributed by atoms with van der Waals surface area (Å²) in [5.74, 6) is 0.673. The normalized spacial score (nSPS) is 11.1. The third kappa shape index (κ3) is 4.16. The van der Waals surface area contributed by atoms with E-state index in [1.54, 1.807) is 12.1 Å².